The smallest absolute Gasteiger partial charge is 0.225 e. The van der Waals surface area contributed by atoms with E-state index in [2.05, 4.69) is 26.7 Å². The Morgan fingerprint density at radius 1 is 1.19 bits per heavy atom. The number of pyridine rings is 1. The Labute approximate surface area is 188 Å². The highest BCUT2D eigenvalue weighted by molar-refractivity contribution is 7.13. The predicted molar refractivity (Wildman–Crippen MR) is 122 cm³/mol. The molecule has 2 aliphatic heterocycles. The number of aromatic amines is 1. The lowest BCUT2D eigenvalue weighted by atomic mass is 9.96. The van der Waals surface area contributed by atoms with Gasteiger partial charge >= 0.3 is 0 Å². The number of benzene rings is 1. The van der Waals surface area contributed by atoms with Crippen molar-refractivity contribution in [1.29, 1.82) is 0 Å². The summed E-state index contributed by atoms with van der Waals surface area (Å²) >= 11 is 1.68. The summed E-state index contributed by atoms with van der Waals surface area (Å²) in [5, 5.41) is 4.87. The predicted octanol–water partition coefficient (Wildman–Crippen LogP) is 4.93. The van der Waals surface area contributed by atoms with Crippen LogP contribution in [0.15, 0.2) is 54.2 Å². The van der Waals surface area contributed by atoms with Gasteiger partial charge < -0.3 is 19.8 Å². The Kier molecular flexibility index (Phi) is 4.65. The summed E-state index contributed by atoms with van der Waals surface area (Å²) in [6.45, 7) is 0.585. The molecule has 1 atom stereocenters. The van der Waals surface area contributed by atoms with Crippen LogP contribution in [0.25, 0.3) is 10.6 Å². The topological polar surface area (TPSA) is 89.1 Å². The van der Waals surface area contributed by atoms with E-state index in [1.807, 2.05) is 36.5 Å². The fraction of sp³-hybridized carbons (Fsp3) is 0.208. The first-order valence-corrected chi connectivity index (χ1v) is 11.4. The Morgan fingerprint density at radius 3 is 3.06 bits per heavy atom. The molecule has 0 radical (unpaired) electrons. The van der Waals surface area contributed by atoms with Crippen LogP contribution in [0.2, 0.25) is 0 Å². The quantitative estimate of drug-likeness (QED) is 0.466. The minimum atomic E-state index is -0.0146. The third-order valence-electron chi connectivity index (χ3n) is 5.80. The largest absolute Gasteiger partial charge is 0.493 e. The second kappa shape index (κ2) is 7.80. The minimum absolute atomic E-state index is 0.0146. The van der Waals surface area contributed by atoms with E-state index in [1.165, 1.54) is 0 Å². The van der Waals surface area contributed by atoms with Gasteiger partial charge in [0.05, 0.1) is 23.1 Å². The number of thiophene rings is 1. The zero-order valence-electron chi connectivity index (χ0n) is 17.1. The first kappa shape index (κ1) is 19.1. The van der Waals surface area contributed by atoms with E-state index in [4.69, 9.17) is 14.5 Å². The van der Waals surface area contributed by atoms with Crippen LogP contribution in [0.5, 0.6) is 17.2 Å². The number of rotatable bonds is 4. The molecule has 2 N–H and O–H groups in total. The van der Waals surface area contributed by atoms with E-state index >= 15 is 0 Å². The molecule has 1 aromatic carbocycles. The van der Waals surface area contributed by atoms with Gasteiger partial charge in [-0.15, -0.1) is 11.3 Å². The van der Waals surface area contributed by atoms with Gasteiger partial charge in [-0.3, -0.25) is 4.79 Å². The third kappa shape index (κ3) is 3.52. The van der Waals surface area contributed by atoms with Gasteiger partial charge in [0.25, 0.3) is 0 Å². The van der Waals surface area contributed by atoms with Crippen LogP contribution >= 0.6 is 11.3 Å². The van der Waals surface area contributed by atoms with Crippen LogP contribution in [0, 0.1) is 0 Å². The number of H-pyrrole nitrogens is 1. The summed E-state index contributed by atoms with van der Waals surface area (Å²) in [7, 11) is 0. The Balaban J connectivity index is 1.23. The molecule has 2 aliphatic rings. The number of carbonyl (C=O) groups excluding carboxylic acids is 1. The van der Waals surface area contributed by atoms with E-state index in [1.54, 1.807) is 17.5 Å². The van der Waals surface area contributed by atoms with Crippen LogP contribution in [0.1, 0.15) is 29.3 Å². The standard InChI is InChI=1S/C24H20N4O3S/c29-22-6-4-17-20(7-8-25-24(17)28-22)31-16-3-5-19-14(11-16)10-15(13-30-19)23-26-12-18(27-23)21-2-1-9-32-21/h1-3,5,7-9,11-12,15H,4,6,10,13H2,(H,26,27)(H,25,28,29)/t15-/m0/s1. The Hall–Kier alpha value is -3.65. The summed E-state index contributed by atoms with van der Waals surface area (Å²) in [5.74, 6) is 3.98. The van der Waals surface area contributed by atoms with E-state index in [0.717, 1.165) is 51.2 Å². The normalized spacial score (nSPS) is 17.1. The van der Waals surface area contributed by atoms with Crippen molar-refractivity contribution in [2.24, 2.45) is 0 Å². The van der Waals surface area contributed by atoms with Crippen molar-refractivity contribution >= 4 is 23.1 Å². The van der Waals surface area contributed by atoms with Crippen molar-refractivity contribution in [1.82, 2.24) is 15.0 Å². The van der Waals surface area contributed by atoms with Crippen molar-refractivity contribution in [3.8, 4) is 27.8 Å². The highest BCUT2D eigenvalue weighted by Crippen LogP contribution is 2.37. The molecule has 0 saturated heterocycles. The van der Waals surface area contributed by atoms with Crippen molar-refractivity contribution < 1.29 is 14.3 Å². The van der Waals surface area contributed by atoms with E-state index in [9.17, 15) is 4.79 Å². The molecular formula is C24H20N4O3S. The lowest BCUT2D eigenvalue weighted by Gasteiger charge is -2.25. The third-order valence-corrected chi connectivity index (χ3v) is 6.69. The maximum atomic E-state index is 11.7. The Bertz CT molecular complexity index is 1300. The van der Waals surface area contributed by atoms with Crippen LogP contribution in [0.4, 0.5) is 5.82 Å². The van der Waals surface area contributed by atoms with Crippen LogP contribution in [-0.2, 0) is 17.6 Å². The zero-order chi connectivity index (χ0) is 21.5. The lowest BCUT2D eigenvalue weighted by molar-refractivity contribution is -0.116. The molecule has 0 spiro atoms. The fourth-order valence-corrected chi connectivity index (χ4v) is 4.87. The maximum Gasteiger partial charge on any atom is 0.225 e. The second-order valence-electron chi connectivity index (χ2n) is 7.92. The van der Waals surface area contributed by atoms with Gasteiger partial charge in [-0.25, -0.2) is 9.97 Å². The molecule has 0 bridgehead atoms. The summed E-state index contributed by atoms with van der Waals surface area (Å²) in [6.07, 6.45) is 5.48. The van der Waals surface area contributed by atoms with Crippen LogP contribution < -0.4 is 14.8 Å². The SMILES string of the molecule is O=C1CCc2c(Oc3ccc4c(c3)C[C@H](c3nc(-c5cccs5)c[nH]3)CO4)ccnc2N1. The van der Waals surface area contributed by atoms with Crippen LogP contribution in [-0.4, -0.2) is 27.5 Å². The van der Waals surface area contributed by atoms with Gasteiger partial charge in [0.2, 0.25) is 5.91 Å². The van der Waals surface area contributed by atoms with Gasteiger partial charge in [0.15, 0.2) is 0 Å². The number of anilines is 1. The van der Waals surface area contributed by atoms with Crippen molar-refractivity contribution in [2.75, 3.05) is 11.9 Å². The second-order valence-corrected chi connectivity index (χ2v) is 8.86. The number of aromatic nitrogens is 3. The highest BCUT2D eigenvalue weighted by Gasteiger charge is 2.25. The molecule has 160 valence electrons. The van der Waals surface area contributed by atoms with Crippen molar-refractivity contribution in [3.63, 3.8) is 0 Å². The molecule has 3 aromatic heterocycles. The molecule has 5 heterocycles. The number of nitrogens with one attached hydrogen (secondary N) is 2. The molecule has 6 rings (SSSR count). The summed E-state index contributed by atoms with van der Waals surface area (Å²) in [4.78, 5) is 25.2. The first-order chi connectivity index (χ1) is 15.7. The Morgan fingerprint density at radius 2 is 2.16 bits per heavy atom. The molecule has 0 saturated carbocycles. The maximum absolute atomic E-state index is 11.7. The van der Waals surface area contributed by atoms with E-state index in [-0.39, 0.29) is 11.8 Å². The van der Waals surface area contributed by atoms with Gasteiger partial charge in [0.1, 0.15) is 28.9 Å². The van der Waals surface area contributed by atoms with E-state index in [0.29, 0.717) is 25.3 Å². The first-order valence-electron chi connectivity index (χ1n) is 10.5. The summed E-state index contributed by atoms with van der Waals surface area (Å²) in [6, 6.07) is 11.8. The number of imidazole rings is 1. The number of ether oxygens (including phenoxy) is 2. The molecule has 0 aliphatic carbocycles. The molecule has 4 aromatic rings. The van der Waals surface area contributed by atoms with Crippen molar-refractivity contribution in [3.05, 3.63) is 71.1 Å². The van der Waals surface area contributed by atoms with E-state index < -0.39 is 0 Å². The van der Waals surface area contributed by atoms with Gasteiger partial charge in [-0.1, -0.05) is 6.07 Å². The van der Waals surface area contributed by atoms with Gasteiger partial charge in [0, 0.05) is 24.4 Å². The molecule has 32 heavy (non-hydrogen) atoms. The number of carbonyl (C=O) groups is 1. The fourth-order valence-electron chi connectivity index (χ4n) is 4.19. The minimum Gasteiger partial charge on any atom is -0.493 e. The molecule has 8 heteroatoms. The van der Waals surface area contributed by atoms with Crippen molar-refractivity contribution in [2.45, 2.75) is 25.2 Å². The lowest BCUT2D eigenvalue weighted by Crippen LogP contribution is -2.20. The van der Waals surface area contributed by atoms with Gasteiger partial charge in [-0.2, -0.15) is 0 Å². The van der Waals surface area contributed by atoms with Crippen LogP contribution in [0.3, 0.4) is 0 Å². The molecule has 7 nitrogen and oxygen atoms in total. The number of hydrogen-bond acceptors (Lipinski definition) is 6. The summed E-state index contributed by atoms with van der Waals surface area (Å²) < 4.78 is 12.2. The average molecular weight is 445 g/mol. The number of hydrogen-bond donors (Lipinski definition) is 2. The monoisotopic (exact) mass is 444 g/mol. The molecular weight excluding hydrogens is 424 g/mol. The number of amides is 1. The molecule has 0 unspecified atom stereocenters. The van der Waals surface area contributed by atoms with Gasteiger partial charge in [-0.05, 0) is 54.1 Å². The molecule has 1 amide bonds. The summed E-state index contributed by atoms with van der Waals surface area (Å²) in [5.41, 5.74) is 2.98. The molecule has 0 fully saturated rings. The average Bonchev–Trinajstić information content (AvgIpc) is 3.51. The zero-order valence-corrected chi connectivity index (χ0v) is 17.9. The highest BCUT2D eigenvalue weighted by atomic mass is 32.1. The number of nitrogens with zero attached hydrogens (tertiary/aromatic N) is 2. The number of fused-ring (bicyclic) bond motifs is 2.